The van der Waals surface area contributed by atoms with Crippen LogP contribution in [0, 0.1) is 0 Å². The summed E-state index contributed by atoms with van der Waals surface area (Å²) in [5, 5.41) is 10.2. The van der Waals surface area contributed by atoms with Gasteiger partial charge in [-0.15, -0.1) is 34.0 Å². The van der Waals surface area contributed by atoms with Crippen molar-refractivity contribution in [3.05, 3.63) is 194 Å². The van der Waals surface area contributed by atoms with Gasteiger partial charge in [0.25, 0.3) is 0 Å². The van der Waals surface area contributed by atoms with Gasteiger partial charge in [0.05, 0.1) is 21.8 Å². The van der Waals surface area contributed by atoms with Crippen molar-refractivity contribution in [1.29, 1.82) is 0 Å². The second kappa shape index (κ2) is 13.0. The molecule has 0 fully saturated rings. The molecule has 0 atom stereocenters. The molecule has 268 valence electrons. The van der Waals surface area contributed by atoms with Crippen LogP contribution in [0.1, 0.15) is 0 Å². The molecule has 0 bridgehead atoms. The molecule has 12 rings (SSSR count). The second-order valence-electron chi connectivity index (χ2n) is 14.4. The van der Waals surface area contributed by atoms with Crippen LogP contribution in [0.5, 0.6) is 0 Å². The number of thiophene rings is 3. The molecule has 5 heteroatoms. The van der Waals surface area contributed by atoms with E-state index in [1.807, 2.05) is 34.0 Å². The molecule has 0 saturated heterocycles. The maximum Gasteiger partial charge on any atom is 0.0796 e. The Morgan fingerprint density at radius 2 is 0.877 bits per heavy atom. The molecule has 0 radical (unpaired) electrons. The van der Waals surface area contributed by atoms with Crippen LogP contribution in [0.3, 0.4) is 0 Å². The number of nitrogens with zero attached hydrogens (tertiary/aromatic N) is 2. The summed E-state index contributed by atoms with van der Waals surface area (Å²) in [6, 6.07) is 71.5. The topological polar surface area (TPSA) is 6.48 Å². The van der Waals surface area contributed by atoms with Gasteiger partial charge in [-0.3, -0.25) is 0 Å². The molecule has 57 heavy (non-hydrogen) atoms. The number of para-hydroxylation sites is 2. The van der Waals surface area contributed by atoms with Crippen molar-refractivity contribution in [2.75, 3.05) is 9.80 Å². The largest absolute Gasteiger partial charge is 0.308 e. The van der Waals surface area contributed by atoms with Gasteiger partial charge in [0.1, 0.15) is 0 Å². The van der Waals surface area contributed by atoms with E-state index in [-0.39, 0.29) is 0 Å². The Bertz CT molecular complexity index is 3490. The van der Waals surface area contributed by atoms with E-state index in [0.29, 0.717) is 0 Å². The molecule has 12 aromatic rings. The lowest BCUT2D eigenvalue weighted by atomic mass is 10.00. The van der Waals surface area contributed by atoms with E-state index >= 15 is 0 Å². The number of hydrogen-bond donors (Lipinski definition) is 0. The third-order valence-electron chi connectivity index (χ3n) is 11.2. The van der Waals surface area contributed by atoms with Crippen molar-refractivity contribution in [2.45, 2.75) is 0 Å². The van der Waals surface area contributed by atoms with E-state index < -0.39 is 0 Å². The Balaban J connectivity index is 1.25. The van der Waals surface area contributed by atoms with Gasteiger partial charge < -0.3 is 9.80 Å². The minimum absolute atomic E-state index is 1.11. The zero-order valence-electron chi connectivity index (χ0n) is 30.6. The van der Waals surface area contributed by atoms with Gasteiger partial charge in [0.2, 0.25) is 0 Å². The predicted molar refractivity (Wildman–Crippen MR) is 252 cm³/mol. The Morgan fingerprint density at radius 1 is 0.298 bits per heavy atom. The molecule has 0 unspecified atom stereocenters. The van der Waals surface area contributed by atoms with Crippen LogP contribution in [0.2, 0.25) is 0 Å². The quantitative estimate of drug-likeness (QED) is 0.166. The highest BCUT2D eigenvalue weighted by atomic mass is 32.1. The molecule has 0 N–H and O–H groups in total. The molecule has 2 nitrogen and oxygen atoms in total. The highest BCUT2D eigenvalue weighted by molar-refractivity contribution is 7.27. The summed E-state index contributed by atoms with van der Waals surface area (Å²) in [6.07, 6.45) is 0. The molecule has 0 saturated carbocycles. The molecular formula is C52H32N2S3. The van der Waals surface area contributed by atoms with Gasteiger partial charge in [-0.2, -0.15) is 0 Å². The van der Waals surface area contributed by atoms with Crippen LogP contribution in [-0.4, -0.2) is 0 Å². The molecule has 3 heterocycles. The summed E-state index contributed by atoms with van der Waals surface area (Å²) in [4.78, 5) is 5.03. The van der Waals surface area contributed by atoms with Crippen LogP contribution < -0.4 is 9.80 Å². The number of anilines is 6. The lowest BCUT2D eigenvalue weighted by Gasteiger charge is -2.34. The Labute approximate surface area is 341 Å². The SMILES string of the molecule is c1ccc(N(c2ccc3sc4ccc5ccccc5c4c3c2N(c2ccccc2)c2ccc3c(c2)sc2ccccc23)c2cccc3c2sc2ccccc23)cc1. The first-order chi connectivity index (χ1) is 28.3. The zero-order valence-corrected chi connectivity index (χ0v) is 33.0. The minimum atomic E-state index is 1.11. The summed E-state index contributed by atoms with van der Waals surface area (Å²) in [7, 11) is 0. The maximum atomic E-state index is 2.52. The maximum absolute atomic E-state index is 2.52. The number of fused-ring (bicyclic) bond motifs is 11. The van der Waals surface area contributed by atoms with Crippen LogP contribution >= 0.6 is 34.0 Å². The molecular weight excluding hydrogens is 749 g/mol. The molecule has 0 amide bonds. The summed E-state index contributed by atoms with van der Waals surface area (Å²) in [5.41, 5.74) is 6.79. The monoisotopic (exact) mass is 780 g/mol. The minimum Gasteiger partial charge on any atom is -0.308 e. The first kappa shape index (κ1) is 32.7. The number of rotatable bonds is 6. The van der Waals surface area contributed by atoms with E-state index in [2.05, 4.69) is 204 Å². The van der Waals surface area contributed by atoms with Gasteiger partial charge in [-0.1, -0.05) is 121 Å². The molecule has 3 aromatic heterocycles. The predicted octanol–water partition coefficient (Wildman–Crippen LogP) is 16.9. The fraction of sp³-hybridized carbons (Fsp3) is 0. The van der Waals surface area contributed by atoms with Gasteiger partial charge in [-0.05, 0) is 83.6 Å². The van der Waals surface area contributed by atoms with Gasteiger partial charge in [0.15, 0.2) is 0 Å². The molecule has 0 aliphatic heterocycles. The normalized spacial score (nSPS) is 11.9. The van der Waals surface area contributed by atoms with Crippen LogP contribution in [0.25, 0.3) is 71.3 Å². The fourth-order valence-electron chi connectivity index (χ4n) is 8.74. The third-order valence-corrected chi connectivity index (χ3v) is 14.7. The van der Waals surface area contributed by atoms with E-state index in [1.165, 1.54) is 71.3 Å². The van der Waals surface area contributed by atoms with E-state index in [4.69, 9.17) is 0 Å². The van der Waals surface area contributed by atoms with Crippen LogP contribution in [0.15, 0.2) is 194 Å². The summed E-state index contributed by atoms with van der Waals surface area (Å²) in [5.74, 6) is 0. The van der Waals surface area contributed by atoms with Crippen molar-refractivity contribution in [3.8, 4) is 0 Å². The standard InChI is InChI=1S/C52H32N2S3/c1-3-15-34(16-4-1)53(36-27-28-40-38-20-9-11-24-44(38)55-48(40)32-36)51-42(29-31-47-50(51)49-37-19-8-7-14-33(37)26-30-46(49)56-47)54(35-17-5-2-6-18-35)43-23-13-22-41-39-21-10-12-25-45(39)57-52(41)43/h1-32H. The Hall–Kier alpha value is -6.50. The summed E-state index contributed by atoms with van der Waals surface area (Å²) >= 11 is 5.62. The highest BCUT2D eigenvalue weighted by Gasteiger charge is 2.28. The zero-order chi connectivity index (χ0) is 37.5. The fourth-order valence-corrected chi connectivity index (χ4v) is 12.2. The van der Waals surface area contributed by atoms with Crippen LogP contribution in [-0.2, 0) is 0 Å². The average Bonchev–Trinajstić information content (AvgIpc) is 3.97. The third kappa shape index (κ3) is 5.13. The van der Waals surface area contributed by atoms with Crippen molar-refractivity contribution < 1.29 is 0 Å². The molecule has 0 aliphatic carbocycles. The van der Waals surface area contributed by atoms with Crippen LogP contribution in [0.4, 0.5) is 34.1 Å². The first-order valence-electron chi connectivity index (χ1n) is 19.2. The Morgan fingerprint density at radius 3 is 1.67 bits per heavy atom. The van der Waals surface area contributed by atoms with Crippen molar-refractivity contribution in [1.82, 2.24) is 0 Å². The van der Waals surface area contributed by atoms with Crippen molar-refractivity contribution >= 4 is 139 Å². The van der Waals surface area contributed by atoms with Gasteiger partial charge >= 0.3 is 0 Å². The van der Waals surface area contributed by atoms with Crippen molar-refractivity contribution in [2.24, 2.45) is 0 Å². The summed E-state index contributed by atoms with van der Waals surface area (Å²) < 4.78 is 7.69. The average molecular weight is 781 g/mol. The lowest BCUT2D eigenvalue weighted by molar-refractivity contribution is 1.25. The summed E-state index contributed by atoms with van der Waals surface area (Å²) in [6.45, 7) is 0. The molecule has 0 spiro atoms. The second-order valence-corrected chi connectivity index (χ2v) is 17.7. The highest BCUT2D eigenvalue weighted by Crippen LogP contribution is 2.55. The first-order valence-corrected chi connectivity index (χ1v) is 21.6. The van der Waals surface area contributed by atoms with E-state index in [9.17, 15) is 0 Å². The lowest BCUT2D eigenvalue weighted by Crippen LogP contribution is -2.17. The molecule has 0 aliphatic rings. The van der Waals surface area contributed by atoms with E-state index in [1.54, 1.807) is 0 Å². The number of benzene rings is 9. The molecule has 9 aromatic carbocycles. The van der Waals surface area contributed by atoms with Gasteiger partial charge in [0, 0.05) is 72.9 Å². The Kier molecular flexibility index (Phi) is 7.48. The van der Waals surface area contributed by atoms with Gasteiger partial charge in [-0.25, -0.2) is 0 Å². The van der Waals surface area contributed by atoms with E-state index in [0.717, 1.165) is 34.1 Å². The number of hydrogen-bond acceptors (Lipinski definition) is 5. The smallest absolute Gasteiger partial charge is 0.0796 e. The van der Waals surface area contributed by atoms with Crippen molar-refractivity contribution in [3.63, 3.8) is 0 Å².